The van der Waals surface area contributed by atoms with Crippen molar-refractivity contribution in [2.75, 3.05) is 24.2 Å². The number of benzene rings is 2. The Balaban J connectivity index is 1.79. The standard InChI is InChI=1S/C24H29N3OS/c1-15-11-16(2)13-17(12-15)14-19(26-23-25-9-10-29-23)18-7-6-8-20-21(18)24(3,4)22(28)27(20)5/h6-8,11-13,19H,9-10,14H2,1-5H3,(H,25,26). The second-order valence-electron chi connectivity index (χ2n) is 8.66. The van der Waals surface area contributed by atoms with Crippen molar-refractivity contribution in [2.24, 2.45) is 4.99 Å². The molecule has 2 aromatic rings. The Kier molecular flexibility index (Phi) is 5.19. The Morgan fingerprint density at radius 3 is 2.59 bits per heavy atom. The van der Waals surface area contributed by atoms with Crippen molar-refractivity contribution < 1.29 is 4.79 Å². The molecule has 0 fully saturated rings. The van der Waals surface area contributed by atoms with Crippen molar-refractivity contribution in [1.29, 1.82) is 0 Å². The van der Waals surface area contributed by atoms with Crippen LogP contribution in [0.15, 0.2) is 41.4 Å². The molecule has 1 unspecified atom stereocenters. The molecule has 0 spiro atoms. The highest BCUT2D eigenvalue weighted by Crippen LogP contribution is 2.45. The minimum absolute atomic E-state index is 0.0640. The molecule has 4 rings (SSSR count). The molecular weight excluding hydrogens is 378 g/mol. The number of nitrogens with zero attached hydrogens (tertiary/aromatic N) is 2. The first-order chi connectivity index (χ1) is 13.8. The van der Waals surface area contributed by atoms with E-state index in [4.69, 9.17) is 0 Å². The van der Waals surface area contributed by atoms with Gasteiger partial charge in [-0.05, 0) is 56.9 Å². The number of fused-ring (bicyclic) bond motifs is 1. The Bertz CT molecular complexity index is 975. The summed E-state index contributed by atoms with van der Waals surface area (Å²) in [6.45, 7) is 9.23. The van der Waals surface area contributed by atoms with Gasteiger partial charge in [-0.2, -0.15) is 0 Å². The smallest absolute Gasteiger partial charge is 0.236 e. The van der Waals surface area contributed by atoms with Gasteiger partial charge >= 0.3 is 0 Å². The third-order valence-electron chi connectivity index (χ3n) is 5.88. The number of aliphatic imine (C=N–C) groups is 1. The van der Waals surface area contributed by atoms with Crippen LogP contribution in [0.2, 0.25) is 0 Å². The predicted octanol–water partition coefficient (Wildman–Crippen LogP) is 4.53. The molecule has 0 aliphatic carbocycles. The van der Waals surface area contributed by atoms with Crippen LogP contribution in [0.1, 0.15) is 47.7 Å². The quantitative estimate of drug-likeness (QED) is 0.810. The largest absolute Gasteiger partial charge is 0.358 e. The van der Waals surface area contributed by atoms with Gasteiger partial charge in [-0.15, -0.1) is 0 Å². The number of carbonyl (C=O) groups is 1. The summed E-state index contributed by atoms with van der Waals surface area (Å²) in [5, 5.41) is 4.71. The number of thioether (sulfide) groups is 1. The fourth-order valence-corrected chi connectivity index (χ4v) is 5.46. The third-order valence-corrected chi connectivity index (χ3v) is 6.79. The van der Waals surface area contributed by atoms with E-state index in [0.29, 0.717) is 0 Å². The zero-order chi connectivity index (χ0) is 20.8. The fourth-order valence-electron chi connectivity index (χ4n) is 4.68. The van der Waals surface area contributed by atoms with Gasteiger partial charge in [0.25, 0.3) is 0 Å². The molecule has 0 aromatic heterocycles. The number of nitrogens with one attached hydrogen (secondary N) is 1. The van der Waals surface area contributed by atoms with Gasteiger partial charge in [0.2, 0.25) is 5.91 Å². The first-order valence-electron chi connectivity index (χ1n) is 10.2. The maximum Gasteiger partial charge on any atom is 0.236 e. The van der Waals surface area contributed by atoms with E-state index in [1.165, 1.54) is 22.3 Å². The van der Waals surface area contributed by atoms with Crippen LogP contribution in [0.4, 0.5) is 5.69 Å². The molecule has 0 bridgehead atoms. The van der Waals surface area contributed by atoms with E-state index >= 15 is 0 Å². The van der Waals surface area contributed by atoms with Crippen molar-refractivity contribution in [3.63, 3.8) is 0 Å². The van der Waals surface area contributed by atoms with E-state index < -0.39 is 5.41 Å². The van der Waals surface area contributed by atoms with Gasteiger partial charge in [0.1, 0.15) is 0 Å². The van der Waals surface area contributed by atoms with E-state index in [-0.39, 0.29) is 11.9 Å². The molecule has 2 heterocycles. The third kappa shape index (κ3) is 3.68. The predicted molar refractivity (Wildman–Crippen MR) is 123 cm³/mol. The summed E-state index contributed by atoms with van der Waals surface area (Å²) in [4.78, 5) is 19.4. The summed E-state index contributed by atoms with van der Waals surface area (Å²) in [7, 11) is 1.88. The average molecular weight is 408 g/mol. The lowest BCUT2D eigenvalue weighted by Gasteiger charge is -2.26. The Morgan fingerprint density at radius 2 is 1.93 bits per heavy atom. The van der Waals surface area contributed by atoms with E-state index in [1.807, 2.05) is 20.9 Å². The molecule has 152 valence electrons. The Labute approximate surface area is 177 Å². The summed E-state index contributed by atoms with van der Waals surface area (Å²) in [5.74, 6) is 1.18. The average Bonchev–Trinajstić information content (AvgIpc) is 3.23. The molecule has 2 aromatic carbocycles. The van der Waals surface area contributed by atoms with Gasteiger partial charge in [-0.25, -0.2) is 0 Å². The van der Waals surface area contributed by atoms with Crippen LogP contribution in [-0.2, 0) is 16.6 Å². The molecule has 2 aliphatic rings. The summed E-state index contributed by atoms with van der Waals surface area (Å²) in [5.41, 5.74) is 6.67. The molecule has 5 heteroatoms. The van der Waals surface area contributed by atoms with Crippen molar-refractivity contribution >= 4 is 28.5 Å². The molecule has 1 N–H and O–H groups in total. The number of hydrogen-bond acceptors (Lipinski definition) is 4. The number of anilines is 1. The van der Waals surface area contributed by atoms with Gasteiger partial charge in [0.15, 0.2) is 5.17 Å². The molecule has 2 aliphatic heterocycles. The van der Waals surface area contributed by atoms with Crippen molar-refractivity contribution in [1.82, 2.24) is 5.32 Å². The minimum Gasteiger partial charge on any atom is -0.358 e. The zero-order valence-electron chi connectivity index (χ0n) is 17.9. The van der Waals surface area contributed by atoms with Gasteiger partial charge < -0.3 is 10.2 Å². The van der Waals surface area contributed by atoms with Gasteiger partial charge in [-0.3, -0.25) is 9.79 Å². The number of likely N-dealkylation sites (N-methyl/N-ethyl adjacent to an activating group) is 1. The maximum absolute atomic E-state index is 12.9. The van der Waals surface area contributed by atoms with E-state index in [2.05, 4.69) is 60.6 Å². The van der Waals surface area contributed by atoms with Crippen LogP contribution >= 0.6 is 11.8 Å². The number of rotatable bonds is 4. The summed E-state index contributed by atoms with van der Waals surface area (Å²) < 4.78 is 0. The van der Waals surface area contributed by atoms with Crippen LogP contribution in [0.25, 0.3) is 0 Å². The highest BCUT2D eigenvalue weighted by Gasteiger charge is 2.44. The molecule has 0 radical (unpaired) electrons. The summed E-state index contributed by atoms with van der Waals surface area (Å²) in [6.07, 6.45) is 0.854. The van der Waals surface area contributed by atoms with Crippen LogP contribution in [-0.4, -0.2) is 30.4 Å². The molecule has 0 saturated heterocycles. The highest BCUT2D eigenvalue weighted by atomic mass is 32.2. The number of carbonyl (C=O) groups excluding carboxylic acids is 1. The van der Waals surface area contributed by atoms with Crippen LogP contribution in [0, 0.1) is 13.8 Å². The number of amidine groups is 1. The molecule has 29 heavy (non-hydrogen) atoms. The van der Waals surface area contributed by atoms with Crippen molar-refractivity contribution in [3.8, 4) is 0 Å². The number of amides is 1. The Hall–Kier alpha value is -2.27. The second kappa shape index (κ2) is 7.52. The van der Waals surface area contributed by atoms with E-state index in [1.54, 1.807) is 16.7 Å². The monoisotopic (exact) mass is 407 g/mol. The van der Waals surface area contributed by atoms with Crippen molar-refractivity contribution in [2.45, 2.75) is 45.6 Å². The molecule has 1 amide bonds. The molecule has 4 nitrogen and oxygen atoms in total. The SMILES string of the molecule is Cc1cc(C)cc(CC(NC2=NCCS2)c2cccc3c2C(C)(C)C(=O)N3C)c1. The molecular formula is C24H29N3OS. The van der Waals surface area contributed by atoms with Gasteiger partial charge in [0, 0.05) is 18.5 Å². The first kappa shape index (κ1) is 20.0. The van der Waals surface area contributed by atoms with Gasteiger partial charge in [-0.1, -0.05) is 53.2 Å². The Morgan fingerprint density at radius 1 is 1.21 bits per heavy atom. The highest BCUT2D eigenvalue weighted by molar-refractivity contribution is 8.14. The van der Waals surface area contributed by atoms with E-state index in [0.717, 1.165) is 35.1 Å². The number of hydrogen-bond donors (Lipinski definition) is 1. The zero-order valence-corrected chi connectivity index (χ0v) is 18.7. The maximum atomic E-state index is 12.9. The van der Waals surface area contributed by atoms with Gasteiger partial charge in [0.05, 0.1) is 18.0 Å². The molecule has 0 saturated carbocycles. The van der Waals surface area contributed by atoms with Crippen LogP contribution in [0.3, 0.4) is 0 Å². The summed E-state index contributed by atoms with van der Waals surface area (Å²) >= 11 is 1.78. The van der Waals surface area contributed by atoms with Crippen LogP contribution < -0.4 is 10.2 Å². The van der Waals surface area contributed by atoms with Crippen LogP contribution in [0.5, 0.6) is 0 Å². The molecule has 1 atom stereocenters. The normalized spacial score (nSPS) is 18.6. The lowest BCUT2D eigenvalue weighted by molar-refractivity contribution is -0.121. The number of aryl methyl sites for hydroxylation is 2. The topological polar surface area (TPSA) is 44.7 Å². The summed E-state index contributed by atoms with van der Waals surface area (Å²) in [6, 6.07) is 13.1. The fraction of sp³-hybridized carbons (Fsp3) is 0.417. The lowest BCUT2D eigenvalue weighted by Crippen LogP contribution is -2.35. The second-order valence-corrected chi connectivity index (χ2v) is 9.75. The van der Waals surface area contributed by atoms with E-state index in [9.17, 15) is 4.79 Å². The van der Waals surface area contributed by atoms with Crippen molar-refractivity contribution in [3.05, 3.63) is 64.2 Å². The first-order valence-corrected chi connectivity index (χ1v) is 11.2. The minimum atomic E-state index is -0.534. The lowest BCUT2D eigenvalue weighted by atomic mass is 9.80.